The van der Waals surface area contributed by atoms with Crippen LogP contribution in [0.2, 0.25) is 0 Å². The largest absolute Gasteiger partial charge is 0.345 e. The van der Waals surface area contributed by atoms with E-state index in [0.717, 1.165) is 0 Å². The number of hydrogen-bond acceptors (Lipinski definition) is 6. The van der Waals surface area contributed by atoms with Crippen LogP contribution in [0.15, 0.2) is 28.8 Å². The number of aromatic nitrogens is 2. The molecule has 9 heteroatoms. The van der Waals surface area contributed by atoms with Gasteiger partial charge in [-0.25, -0.2) is 4.39 Å². The quantitative estimate of drug-likeness (QED) is 0.853. The van der Waals surface area contributed by atoms with Crippen molar-refractivity contribution in [2.75, 3.05) is 5.75 Å². The Morgan fingerprint density at radius 2 is 2.24 bits per heavy atom. The summed E-state index contributed by atoms with van der Waals surface area (Å²) in [6, 6.07) is 5.47. The molecule has 1 aliphatic rings. The van der Waals surface area contributed by atoms with E-state index in [1.807, 2.05) is 13.8 Å². The normalized spacial score (nSPS) is 19.3. The second kappa shape index (κ2) is 6.83. The standard InChI is InChI=1S/C16H17FN4O3S/c1-16(2)15(23)19-11(8-25-16)14(22)18-7-12-20-13(21-24-12)9-5-3-4-6-10(9)17/h3-6,11H,7-8H2,1-2H3,(H,18,22)(H,19,23)/t11-/m1/s1. The molecule has 1 fully saturated rings. The average Bonchev–Trinajstić information content (AvgIpc) is 3.04. The maximum absolute atomic E-state index is 13.7. The van der Waals surface area contributed by atoms with Crippen molar-refractivity contribution in [3.63, 3.8) is 0 Å². The fraction of sp³-hybridized carbons (Fsp3) is 0.375. The van der Waals surface area contributed by atoms with Crippen molar-refractivity contribution in [2.24, 2.45) is 0 Å². The minimum Gasteiger partial charge on any atom is -0.345 e. The molecule has 0 saturated carbocycles. The minimum absolute atomic E-state index is 0.000710. The molecule has 1 atom stereocenters. The van der Waals surface area contributed by atoms with Crippen molar-refractivity contribution in [1.82, 2.24) is 20.8 Å². The average molecular weight is 364 g/mol. The molecule has 7 nitrogen and oxygen atoms in total. The molecule has 2 heterocycles. The first-order valence-electron chi connectivity index (χ1n) is 7.67. The van der Waals surface area contributed by atoms with Crippen LogP contribution in [0.4, 0.5) is 4.39 Å². The molecule has 2 aromatic rings. The van der Waals surface area contributed by atoms with Crippen molar-refractivity contribution in [1.29, 1.82) is 0 Å². The van der Waals surface area contributed by atoms with Gasteiger partial charge in [0.05, 0.1) is 16.9 Å². The third-order valence-electron chi connectivity index (χ3n) is 3.78. The van der Waals surface area contributed by atoms with Gasteiger partial charge in [-0.3, -0.25) is 9.59 Å². The zero-order valence-electron chi connectivity index (χ0n) is 13.7. The van der Waals surface area contributed by atoms with Crippen molar-refractivity contribution >= 4 is 23.6 Å². The third kappa shape index (κ3) is 3.81. The van der Waals surface area contributed by atoms with Gasteiger partial charge in [0.2, 0.25) is 23.5 Å². The van der Waals surface area contributed by atoms with Gasteiger partial charge < -0.3 is 15.2 Å². The Balaban J connectivity index is 1.59. The molecule has 1 aromatic carbocycles. The van der Waals surface area contributed by atoms with Crippen molar-refractivity contribution in [2.45, 2.75) is 31.2 Å². The van der Waals surface area contributed by atoms with Crippen LogP contribution in [0.3, 0.4) is 0 Å². The Kier molecular flexibility index (Phi) is 4.76. The maximum atomic E-state index is 13.7. The number of hydrogen-bond donors (Lipinski definition) is 2. The fourth-order valence-electron chi connectivity index (χ4n) is 2.24. The Morgan fingerprint density at radius 3 is 2.96 bits per heavy atom. The molecule has 1 aromatic heterocycles. The summed E-state index contributed by atoms with van der Waals surface area (Å²) in [7, 11) is 0. The van der Waals surface area contributed by atoms with Crippen LogP contribution in [0.25, 0.3) is 11.4 Å². The summed E-state index contributed by atoms with van der Waals surface area (Å²) < 4.78 is 18.2. The van der Waals surface area contributed by atoms with Crippen molar-refractivity contribution < 1.29 is 18.5 Å². The monoisotopic (exact) mass is 364 g/mol. The Hall–Kier alpha value is -2.42. The highest BCUT2D eigenvalue weighted by molar-refractivity contribution is 8.01. The molecule has 2 N–H and O–H groups in total. The Labute approximate surface area is 147 Å². The molecular weight excluding hydrogens is 347 g/mol. The lowest BCUT2D eigenvalue weighted by Gasteiger charge is -2.32. The van der Waals surface area contributed by atoms with E-state index >= 15 is 0 Å². The molecule has 1 saturated heterocycles. The van der Waals surface area contributed by atoms with Gasteiger partial charge in [-0.15, -0.1) is 11.8 Å². The lowest BCUT2D eigenvalue weighted by Crippen LogP contribution is -2.57. The number of amides is 2. The van der Waals surface area contributed by atoms with E-state index in [1.54, 1.807) is 18.2 Å². The van der Waals surface area contributed by atoms with Crippen molar-refractivity contribution in [3.05, 3.63) is 36.0 Å². The molecule has 25 heavy (non-hydrogen) atoms. The van der Waals surface area contributed by atoms with E-state index in [1.165, 1.54) is 17.8 Å². The maximum Gasteiger partial charge on any atom is 0.246 e. The zero-order chi connectivity index (χ0) is 18.0. The van der Waals surface area contributed by atoms with E-state index in [2.05, 4.69) is 20.8 Å². The molecule has 3 rings (SSSR count). The van der Waals surface area contributed by atoms with Gasteiger partial charge in [-0.05, 0) is 26.0 Å². The highest BCUT2D eigenvalue weighted by Crippen LogP contribution is 2.29. The summed E-state index contributed by atoms with van der Waals surface area (Å²) in [4.78, 5) is 28.2. The van der Waals surface area contributed by atoms with E-state index in [9.17, 15) is 14.0 Å². The van der Waals surface area contributed by atoms with E-state index in [4.69, 9.17) is 4.52 Å². The van der Waals surface area contributed by atoms with Gasteiger partial charge >= 0.3 is 0 Å². The molecule has 0 unspecified atom stereocenters. The molecule has 0 radical (unpaired) electrons. The van der Waals surface area contributed by atoms with Crippen LogP contribution in [-0.2, 0) is 16.1 Å². The first kappa shape index (κ1) is 17.4. The summed E-state index contributed by atoms with van der Waals surface area (Å²) in [5.41, 5.74) is 0.224. The first-order valence-corrected chi connectivity index (χ1v) is 8.65. The molecule has 0 aliphatic carbocycles. The van der Waals surface area contributed by atoms with E-state index < -0.39 is 16.6 Å². The third-order valence-corrected chi connectivity index (χ3v) is 5.18. The lowest BCUT2D eigenvalue weighted by molar-refractivity contribution is -0.129. The van der Waals surface area contributed by atoms with Gasteiger partial charge in [0.1, 0.15) is 11.9 Å². The number of nitrogens with zero attached hydrogens (tertiary/aromatic N) is 2. The second-order valence-corrected chi connectivity index (χ2v) is 7.70. The van der Waals surface area contributed by atoms with Gasteiger partial charge in [0.25, 0.3) is 0 Å². The van der Waals surface area contributed by atoms with Crippen molar-refractivity contribution in [3.8, 4) is 11.4 Å². The number of rotatable bonds is 4. The Morgan fingerprint density at radius 1 is 1.48 bits per heavy atom. The summed E-state index contributed by atoms with van der Waals surface area (Å²) >= 11 is 1.42. The highest BCUT2D eigenvalue weighted by Gasteiger charge is 2.37. The molecule has 0 bridgehead atoms. The number of halogens is 1. The summed E-state index contributed by atoms with van der Waals surface area (Å²) in [6.07, 6.45) is 0. The summed E-state index contributed by atoms with van der Waals surface area (Å²) in [5.74, 6) is -0.212. The van der Waals surface area contributed by atoms with Crippen LogP contribution in [0, 0.1) is 5.82 Å². The predicted molar refractivity (Wildman–Crippen MR) is 90.0 cm³/mol. The van der Waals surface area contributed by atoms with Gasteiger partial charge in [0.15, 0.2) is 0 Å². The van der Waals surface area contributed by atoms with Gasteiger partial charge in [-0.2, -0.15) is 4.98 Å². The number of benzene rings is 1. The first-order chi connectivity index (χ1) is 11.9. The molecule has 2 amide bonds. The van der Waals surface area contributed by atoms with E-state index in [0.29, 0.717) is 5.75 Å². The summed E-state index contributed by atoms with van der Waals surface area (Å²) in [5, 5.41) is 9.05. The van der Waals surface area contributed by atoms with Crippen LogP contribution in [0.1, 0.15) is 19.7 Å². The molecule has 0 spiro atoms. The second-order valence-electron chi connectivity index (χ2n) is 6.06. The van der Waals surface area contributed by atoms with E-state index in [-0.39, 0.29) is 35.6 Å². The highest BCUT2D eigenvalue weighted by atomic mass is 32.2. The fourth-order valence-corrected chi connectivity index (χ4v) is 3.24. The topological polar surface area (TPSA) is 97.1 Å². The lowest BCUT2D eigenvalue weighted by atomic mass is 10.1. The SMILES string of the molecule is CC1(C)SC[C@H](C(=O)NCc2nc(-c3ccccc3F)no2)NC1=O. The van der Waals surface area contributed by atoms with Crippen LogP contribution in [0.5, 0.6) is 0 Å². The number of carbonyl (C=O) groups excluding carboxylic acids is 2. The van der Waals surface area contributed by atoms with Crippen LogP contribution >= 0.6 is 11.8 Å². The molecule has 1 aliphatic heterocycles. The van der Waals surface area contributed by atoms with Crippen LogP contribution < -0.4 is 10.6 Å². The minimum atomic E-state index is -0.612. The zero-order valence-corrected chi connectivity index (χ0v) is 14.5. The summed E-state index contributed by atoms with van der Waals surface area (Å²) in [6.45, 7) is 3.62. The molecule has 132 valence electrons. The Bertz CT molecular complexity index is 808. The number of thioether (sulfide) groups is 1. The smallest absolute Gasteiger partial charge is 0.246 e. The van der Waals surface area contributed by atoms with Crippen LogP contribution in [-0.4, -0.2) is 38.5 Å². The number of nitrogens with one attached hydrogen (secondary N) is 2. The van der Waals surface area contributed by atoms with Gasteiger partial charge in [-0.1, -0.05) is 17.3 Å². The molecular formula is C16H17FN4O3S. The predicted octanol–water partition coefficient (Wildman–Crippen LogP) is 1.50. The number of carbonyl (C=O) groups is 2. The van der Waals surface area contributed by atoms with Gasteiger partial charge in [0, 0.05) is 5.75 Å².